The molecule has 0 N–H and O–H groups in total. The van der Waals surface area contributed by atoms with Gasteiger partial charge in [-0.2, -0.15) is 24.3 Å². The molecule has 0 atom stereocenters. The van der Waals surface area contributed by atoms with Crippen LogP contribution in [0.5, 0.6) is 0 Å². The average molecular weight is 750 g/mol. The maximum absolute atomic E-state index is 8.09. The Hall–Kier alpha value is -4.99. The van der Waals surface area contributed by atoms with Crippen molar-refractivity contribution >= 4 is 54.6 Å². The summed E-state index contributed by atoms with van der Waals surface area (Å²) in [6.07, 6.45) is 4.92. The van der Waals surface area contributed by atoms with Gasteiger partial charge >= 0.3 is 0 Å². The molecular formula is C38H25N5Pt-2. The van der Waals surface area contributed by atoms with Crippen molar-refractivity contribution in [3.8, 4) is 17.2 Å². The van der Waals surface area contributed by atoms with Crippen LogP contribution in [0.4, 0.5) is 0 Å². The molecule has 5 aromatic carbocycles. The van der Waals surface area contributed by atoms with Crippen molar-refractivity contribution in [1.82, 2.24) is 18.7 Å². The first kappa shape index (κ1) is 23.5. The third-order valence-corrected chi connectivity index (χ3v) is 8.29. The minimum atomic E-state index is -2.37. The summed E-state index contributed by atoms with van der Waals surface area (Å²) >= 11 is 0. The van der Waals surface area contributed by atoms with E-state index in [0.29, 0.717) is 11.2 Å². The van der Waals surface area contributed by atoms with Crippen LogP contribution in [0, 0.1) is 25.4 Å². The molecule has 0 radical (unpaired) electrons. The van der Waals surface area contributed by atoms with Crippen molar-refractivity contribution in [3.63, 3.8) is 0 Å². The van der Waals surface area contributed by atoms with Crippen LogP contribution in [0.3, 0.4) is 0 Å². The van der Waals surface area contributed by atoms with Gasteiger partial charge in [0, 0.05) is 38.3 Å². The Kier molecular flexibility index (Phi) is 5.35. The number of hydrogen-bond donors (Lipinski definition) is 0. The molecule has 5 nitrogen and oxygen atoms in total. The maximum atomic E-state index is 8.09. The molecule has 4 aromatic heterocycles. The predicted molar refractivity (Wildman–Crippen MR) is 172 cm³/mol. The fourth-order valence-corrected chi connectivity index (χ4v) is 6.40. The Bertz CT molecular complexity index is 2660. The summed E-state index contributed by atoms with van der Waals surface area (Å²) < 4.78 is 31.6. The topological polar surface area (TPSA) is 31.6 Å². The molecule has 0 aliphatic heterocycles. The molecular weight excluding hydrogens is 722 g/mol. The number of aromatic nitrogens is 5. The van der Waals surface area contributed by atoms with Crippen molar-refractivity contribution in [2.75, 3.05) is 0 Å². The normalized spacial score (nSPS) is 13.0. The number of para-hydroxylation sites is 4. The molecule has 0 aliphatic carbocycles. The number of fused-ring (bicyclic) bond motifs is 7. The summed E-state index contributed by atoms with van der Waals surface area (Å²) in [7, 11) is 0. The first-order valence-electron chi connectivity index (χ1n) is 15.7. The standard InChI is InChI=1S/C38H25N5.Pt/c1-25-18-19-39-38(20-25)43-33-15-6-4-13-29(33)31-22-30-28-12-3-5-14-32(28)42(36(30)23-37(31)43)27-11-9-10-26(21-27)41-24-40(2)34-16-7-8-17-35(34)41;/h3-20,22H,1-2H3;/q-2;/i2D3;. The smallest absolute Gasteiger partial charge is 0.242 e. The molecule has 0 unspecified atom stereocenters. The van der Waals surface area contributed by atoms with Crippen molar-refractivity contribution < 1.29 is 29.7 Å². The van der Waals surface area contributed by atoms with E-state index in [2.05, 4.69) is 89.1 Å². The Morgan fingerprint density at radius 1 is 0.682 bits per heavy atom. The van der Waals surface area contributed by atoms with E-state index < -0.39 is 6.98 Å². The van der Waals surface area contributed by atoms with Gasteiger partial charge in [0.2, 0.25) is 6.33 Å². The molecule has 6 heteroatoms. The van der Waals surface area contributed by atoms with E-state index in [1.165, 1.54) is 4.57 Å². The second-order valence-electron chi connectivity index (χ2n) is 10.9. The summed E-state index contributed by atoms with van der Waals surface area (Å²) in [6.45, 7) is -0.299. The molecule has 0 bridgehead atoms. The predicted octanol–water partition coefficient (Wildman–Crippen LogP) is 7.75. The number of benzene rings is 5. The van der Waals surface area contributed by atoms with E-state index in [1.54, 1.807) is 10.6 Å². The van der Waals surface area contributed by atoms with Crippen LogP contribution in [-0.4, -0.2) is 18.7 Å². The van der Waals surface area contributed by atoms with Crippen molar-refractivity contribution in [1.29, 1.82) is 0 Å². The van der Waals surface area contributed by atoms with Gasteiger partial charge in [-0.15, -0.1) is 22.9 Å². The summed E-state index contributed by atoms with van der Waals surface area (Å²) in [5, 5.41) is 4.44. The van der Waals surface area contributed by atoms with Crippen LogP contribution in [0.2, 0.25) is 0 Å². The first-order chi connectivity index (χ1) is 22.4. The average Bonchev–Trinajstić information content (AvgIpc) is 3.72. The van der Waals surface area contributed by atoms with Gasteiger partial charge in [-0.05, 0) is 47.5 Å². The minimum Gasteiger partial charge on any atom is -0.359 e. The number of nitrogens with zero attached hydrogens (tertiary/aromatic N) is 5. The maximum Gasteiger partial charge on any atom is 0.242 e. The molecule has 4 heterocycles. The van der Waals surface area contributed by atoms with Crippen molar-refractivity contribution in [2.45, 2.75) is 6.92 Å². The van der Waals surface area contributed by atoms with Gasteiger partial charge in [-0.3, -0.25) is 0 Å². The second kappa shape index (κ2) is 10.0. The number of hydrogen-bond acceptors (Lipinski definition) is 1. The molecule has 0 fully saturated rings. The van der Waals surface area contributed by atoms with Crippen LogP contribution in [0.1, 0.15) is 9.68 Å². The molecule has 0 amide bonds. The van der Waals surface area contributed by atoms with Gasteiger partial charge in [0.15, 0.2) is 0 Å². The Labute approximate surface area is 272 Å². The summed E-state index contributed by atoms with van der Waals surface area (Å²) in [6, 6.07) is 43.9. The first-order valence-corrected chi connectivity index (χ1v) is 14.2. The van der Waals surface area contributed by atoms with E-state index in [0.717, 1.165) is 66.2 Å². The quantitative estimate of drug-likeness (QED) is 0.134. The monoisotopic (exact) mass is 749 g/mol. The zero-order chi connectivity index (χ0) is 31.2. The van der Waals surface area contributed by atoms with Crippen LogP contribution in [-0.2, 0) is 28.0 Å². The van der Waals surface area contributed by atoms with E-state index in [-0.39, 0.29) is 21.1 Å². The third-order valence-electron chi connectivity index (χ3n) is 8.29. The van der Waals surface area contributed by atoms with E-state index in [1.807, 2.05) is 54.7 Å². The van der Waals surface area contributed by atoms with Crippen LogP contribution in [0.15, 0.2) is 115 Å². The van der Waals surface area contributed by atoms with Crippen LogP contribution < -0.4 is 4.57 Å². The van der Waals surface area contributed by atoms with E-state index in [4.69, 9.17) is 9.10 Å². The van der Waals surface area contributed by atoms with Gasteiger partial charge < -0.3 is 18.3 Å². The zero-order valence-electron chi connectivity index (χ0n) is 26.5. The number of pyridine rings is 1. The molecule has 9 aromatic rings. The molecule has 44 heavy (non-hydrogen) atoms. The largest absolute Gasteiger partial charge is 0.359 e. The summed E-state index contributed by atoms with van der Waals surface area (Å²) in [4.78, 5) is 4.76. The summed E-state index contributed by atoms with van der Waals surface area (Å²) in [5.74, 6) is 0.843. The Balaban J connectivity index is 0.00000324. The van der Waals surface area contributed by atoms with E-state index >= 15 is 0 Å². The fourth-order valence-electron chi connectivity index (χ4n) is 6.40. The van der Waals surface area contributed by atoms with Gasteiger partial charge in [0.05, 0.1) is 22.1 Å². The van der Waals surface area contributed by atoms with Crippen molar-refractivity contribution in [3.05, 3.63) is 139 Å². The SMILES string of the molecule is [2H]C([2H])([2H])n1[c-][n+](-c2[c-]c(-n3c4[c-]c5c(cc4c4ccccc43)c3ccccc3n5-c3cc(C)ccn3)ccc2)c2ccccc21.[Pt]. The van der Waals surface area contributed by atoms with Crippen molar-refractivity contribution in [2.24, 2.45) is 6.98 Å². The summed E-state index contributed by atoms with van der Waals surface area (Å²) in [5.41, 5.74) is 7.88. The minimum absolute atomic E-state index is 0. The number of aryl methyl sites for hydroxylation is 2. The number of rotatable bonds is 3. The molecule has 0 saturated heterocycles. The number of imidazole rings is 1. The molecule has 9 rings (SSSR count). The van der Waals surface area contributed by atoms with E-state index in [9.17, 15) is 0 Å². The third kappa shape index (κ3) is 3.82. The van der Waals surface area contributed by atoms with Crippen LogP contribution >= 0.6 is 0 Å². The van der Waals surface area contributed by atoms with Gasteiger partial charge in [0.25, 0.3) is 0 Å². The van der Waals surface area contributed by atoms with Gasteiger partial charge in [-0.25, -0.2) is 4.98 Å². The Morgan fingerprint density at radius 3 is 2.11 bits per heavy atom. The fraction of sp³-hybridized carbons (Fsp3) is 0.0526. The van der Waals surface area contributed by atoms with Crippen LogP contribution in [0.25, 0.3) is 71.8 Å². The second-order valence-corrected chi connectivity index (χ2v) is 10.9. The molecule has 0 saturated carbocycles. The van der Waals surface area contributed by atoms with Gasteiger partial charge in [0.1, 0.15) is 5.82 Å². The Morgan fingerprint density at radius 2 is 1.36 bits per heavy atom. The molecule has 0 aliphatic rings. The van der Waals surface area contributed by atoms with Gasteiger partial charge in [-0.1, -0.05) is 83.1 Å². The zero-order valence-corrected chi connectivity index (χ0v) is 25.8. The molecule has 214 valence electrons. The molecule has 0 spiro atoms.